The first-order valence-corrected chi connectivity index (χ1v) is 11.5. The highest BCUT2D eigenvalue weighted by Gasteiger charge is 2.16. The summed E-state index contributed by atoms with van der Waals surface area (Å²) in [5.74, 6) is -0.515. The van der Waals surface area contributed by atoms with Gasteiger partial charge in [-0.3, -0.25) is 9.52 Å². The van der Waals surface area contributed by atoms with E-state index in [1.807, 2.05) is 0 Å². The van der Waals surface area contributed by atoms with Crippen molar-refractivity contribution in [2.24, 2.45) is 0 Å². The van der Waals surface area contributed by atoms with Crippen LogP contribution in [0.2, 0.25) is 5.02 Å². The summed E-state index contributed by atoms with van der Waals surface area (Å²) < 4.78 is 37.9. The first kappa shape index (κ1) is 24.1. The van der Waals surface area contributed by atoms with E-state index in [0.29, 0.717) is 33.3 Å². The highest BCUT2D eigenvalue weighted by atomic mass is 35.5. The number of hydrogen-bond donors (Lipinski definition) is 2. The van der Waals surface area contributed by atoms with Crippen molar-refractivity contribution in [3.63, 3.8) is 0 Å². The Morgan fingerprint density at radius 3 is 2.18 bits per heavy atom. The lowest BCUT2D eigenvalue weighted by atomic mass is 10.2. The summed E-state index contributed by atoms with van der Waals surface area (Å²) in [6.07, 6.45) is 0. The number of rotatable bonds is 8. The molecule has 0 saturated heterocycles. The van der Waals surface area contributed by atoms with Crippen molar-refractivity contribution in [2.45, 2.75) is 11.8 Å². The minimum Gasteiger partial charge on any atom is -0.483 e. The van der Waals surface area contributed by atoms with Gasteiger partial charge in [0.25, 0.3) is 15.9 Å². The van der Waals surface area contributed by atoms with Crippen molar-refractivity contribution < 1.29 is 27.5 Å². The average Bonchev–Trinajstić information content (AvgIpc) is 2.79. The Morgan fingerprint density at radius 2 is 1.58 bits per heavy atom. The number of amides is 1. The number of carbonyl (C=O) groups is 2. The molecule has 0 atom stereocenters. The SMILES string of the molecule is COC(=O)c1ccc(NC(=O)COc2ccc(S(=O)(=O)Nc3ccc(Cl)cc3)cc2C)cc1. The number of hydrogen-bond acceptors (Lipinski definition) is 6. The van der Waals surface area contributed by atoms with Crippen LogP contribution in [-0.2, 0) is 19.6 Å². The molecular formula is C23H21ClN2O6S. The molecule has 0 aliphatic heterocycles. The van der Waals surface area contributed by atoms with Gasteiger partial charge in [0, 0.05) is 16.4 Å². The zero-order chi connectivity index (χ0) is 24.0. The molecule has 0 fully saturated rings. The molecule has 0 aliphatic rings. The topological polar surface area (TPSA) is 111 Å². The zero-order valence-electron chi connectivity index (χ0n) is 17.8. The molecule has 8 nitrogen and oxygen atoms in total. The maximum atomic E-state index is 12.6. The van der Waals surface area contributed by atoms with E-state index in [2.05, 4.69) is 14.8 Å². The Balaban J connectivity index is 1.60. The highest BCUT2D eigenvalue weighted by molar-refractivity contribution is 7.92. The fourth-order valence-corrected chi connectivity index (χ4v) is 4.10. The smallest absolute Gasteiger partial charge is 0.337 e. The van der Waals surface area contributed by atoms with E-state index < -0.39 is 21.9 Å². The number of aryl methyl sites for hydroxylation is 1. The second-order valence-electron chi connectivity index (χ2n) is 6.95. The Morgan fingerprint density at radius 1 is 0.939 bits per heavy atom. The van der Waals surface area contributed by atoms with Gasteiger partial charge in [-0.05, 0) is 79.2 Å². The van der Waals surface area contributed by atoms with Gasteiger partial charge >= 0.3 is 5.97 Å². The minimum atomic E-state index is -3.81. The third-order valence-corrected chi connectivity index (χ3v) is 6.13. The highest BCUT2D eigenvalue weighted by Crippen LogP contribution is 2.24. The van der Waals surface area contributed by atoms with Gasteiger partial charge in [-0.1, -0.05) is 11.6 Å². The second-order valence-corrected chi connectivity index (χ2v) is 9.06. The minimum absolute atomic E-state index is 0.0532. The van der Waals surface area contributed by atoms with Gasteiger partial charge in [-0.25, -0.2) is 13.2 Å². The summed E-state index contributed by atoms with van der Waals surface area (Å²) >= 11 is 5.82. The summed E-state index contributed by atoms with van der Waals surface area (Å²) in [7, 11) is -2.52. The number of ether oxygens (including phenoxy) is 2. The van der Waals surface area contributed by atoms with Gasteiger partial charge in [0.15, 0.2) is 6.61 Å². The molecule has 0 bridgehead atoms. The largest absolute Gasteiger partial charge is 0.483 e. The van der Waals surface area contributed by atoms with Crippen molar-refractivity contribution >= 4 is 44.9 Å². The number of halogens is 1. The third-order valence-electron chi connectivity index (χ3n) is 4.50. The molecule has 0 unspecified atom stereocenters. The molecule has 172 valence electrons. The van der Waals surface area contributed by atoms with E-state index in [4.69, 9.17) is 16.3 Å². The van der Waals surface area contributed by atoms with Crippen LogP contribution < -0.4 is 14.8 Å². The lowest BCUT2D eigenvalue weighted by Gasteiger charge is -2.12. The quantitative estimate of drug-likeness (QED) is 0.458. The third kappa shape index (κ3) is 6.47. The fraction of sp³-hybridized carbons (Fsp3) is 0.130. The van der Waals surface area contributed by atoms with Crippen LogP contribution in [0.3, 0.4) is 0 Å². The number of esters is 1. The van der Waals surface area contributed by atoms with Crippen LogP contribution in [-0.4, -0.2) is 34.0 Å². The number of sulfonamides is 1. The fourth-order valence-electron chi connectivity index (χ4n) is 2.83. The van der Waals surface area contributed by atoms with Gasteiger partial charge in [0.2, 0.25) is 0 Å². The number of carbonyl (C=O) groups excluding carboxylic acids is 2. The van der Waals surface area contributed by atoms with Crippen molar-refractivity contribution in [2.75, 3.05) is 23.8 Å². The molecule has 0 aromatic heterocycles. The lowest BCUT2D eigenvalue weighted by molar-refractivity contribution is -0.118. The van der Waals surface area contributed by atoms with Crippen molar-refractivity contribution in [1.82, 2.24) is 0 Å². The van der Waals surface area contributed by atoms with Gasteiger partial charge in [0.1, 0.15) is 5.75 Å². The van der Waals surface area contributed by atoms with E-state index in [1.165, 1.54) is 37.4 Å². The molecule has 0 heterocycles. The molecule has 3 aromatic rings. The Labute approximate surface area is 196 Å². The number of nitrogens with one attached hydrogen (secondary N) is 2. The van der Waals surface area contributed by atoms with Crippen LogP contribution in [0.25, 0.3) is 0 Å². The molecule has 3 rings (SSSR count). The molecule has 3 aromatic carbocycles. The second kappa shape index (κ2) is 10.4. The molecule has 2 N–H and O–H groups in total. The molecule has 1 amide bonds. The standard InChI is InChI=1S/C23H21ClN2O6S/c1-15-13-20(33(29,30)26-19-9-5-17(24)6-10-19)11-12-21(15)32-14-22(27)25-18-7-3-16(4-8-18)23(28)31-2/h3-13,26H,14H2,1-2H3,(H,25,27). The predicted octanol–water partition coefficient (Wildman–Crippen LogP) is 4.25. The molecule has 0 radical (unpaired) electrons. The molecule has 33 heavy (non-hydrogen) atoms. The van der Waals surface area contributed by atoms with Crippen LogP contribution in [0.5, 0.6) is 5.75 Å². The maximum Gasteiger partial charge on any atom is 0.337 e. The van der Waals surface area contributed by atoms with Gasteiger partial charge < -0.3 is 14.8 Å². The van der Waals surface area contributed by atoms with Crippen LogP contribution in [0.4, 0.5) is 11.4 Å². The first-order chi connectivity index (χ1) is 15.7. The van der Waals surface area contributed by atoms with Gasteiger partial charge in [-0.15, -0.1) is 0 Å². The Kier molecular flexibility index (Phi) is 7.57. The monoisotopic (exact) mass is 488 g/mol. The number of benzene rings is 3. The van der Waals surface area contributed by atoms with Crippen LogP contribution >= 0.6 is 11.6 Å². The zero-order valence-corrected chi connectivity index (χ0v) is 19.4. The summed E-state index contributed by atoms with van der Waals surface area (Å²) in [6, 6.07) is 16.8. The lowest BCUT2D eigenvalue weighted by Crippen LogP contribution is -2.20. The summed E-state index contributed by atoms with van der Waals surface area (Å²) in [5.41, 5.74) is 1.78. The van der Waals surface area contributed by atoms with Crippen LogP contribution in [0, 0.1) is 6.92 Å². The Bertz CT molecular complexity index is 1260. The molecule has 0 saturated carbocycles. The number of methoxy groups -OCH3 is 1. The molecule has 0 spiro atoms. The van der Waals surface area contributed by atoms with Crippen LogP contribution in [0.15, 0.2) is 71.6 Å². The first-order valence-electron chi connectivity index (χ1n) is 9.68. The van der Waals surface area contributed by atoms with Gasteiger partial charge in [-0.2, -0.15) is 0 Å². The summed E-state index contributed by atoms with van der Waals surface area (Å²) in [4.78, 5) is 23.7. The molecule has 0 aliphatic carbocycles. The summed E-state index contributed by atoms with van der Waals surface area (Å²) in [5, 5.41) is 3.15. The van der Waals surface area contributed by atoms with Crippen molar-refractivity contribution in [3.8, 4) is 5.75 Å². The van der Waals surface area contributed by atoms with E-state index in [9.17, 15) is 18.0 Å². The van der Waals surface area contributed by atoms with E-state index in [0.717, 1.165) is 0 Å². The van der Waals surface area contributed by atoms with E-state index in [1.54, 1.807) is 43.3 Å². The summed E-state index contributed by atoms with van der Waals surface area (Å²) in [6.45, 7) is 1.40. The van der Waals surface area contributed by atoms with Crippen molar-refractivity contribution in [3.05, 3.63) is 82.9 Å². The predicted molar refractivity (Wildman–Crippen MR) is 125 cm³/mol. The van der Waals surface area contributed by atoms with E-state index in [-0.39, 0.29) is 11.5 Å². The Hall–Kier alpha value is -3.56. The normalized spacial score (nSPS) is 10.9. The molecular weight excluding hydrogens is 468 g/mol. The van der Waals surface area contributed by atoms with E-state index >= 15 is 0 Å². The maximum absolute atomic E-state index is 12.6. The van der Waals surface area contributed by atoms with Gasteiger partial charge in [0.05, 0.1) is 17.6 Å². The molecule has 10 heteroatoms. The van der Waals surface area contributed by atoms with Crippen LogP contribution in [0.1, 0.15) is 15.9 Å². The number of anilines is 2. The average molecular weight is 489 g/mol. The van der Waals surface area contributed by atoms with Crippen molar-refractivity contribution in [1.29, 1.82) is 0 Å².